The van der Waals surface area contributed by atoms with Crippen LogP contribution < -0.4 is 103 Å². The summed E-state index contributed by atoms with van der Waals surface area (Å²) >= 11 is 0. The largest absolute Gasteiger partial charge is 1.00 e. The summed E-state index contributed by atoms with van der Waals surface area (Å²) < 4.78 is 103. The maximum Gasteiger partial charge on any atom is 1.00 e. The summed E-state index contributed by atoms with van der Waals surface area (Å²) in [6, 6.07) is 0. The van der Waals surface area contributed by atoms with Crippen LogP contribution in [-0.4, -0.2) is 66.7 Å². The average molecular weight is 574 g/mol. The molecule has 33 heavy (non-hydrogen) atoms. The Morgan fingerprint density at radius 1 is 0.879 bits per heavy atom. The van der Waals surface area contributed by atoms with E-state index in [4.69, 9.17) is 0 Å². The molecule has 0 amide bonds. The Bertz CT molecular complexity index is 1110. The molecule has 0 aromatic carbocycles. The molecular formula is C18H25K2NO9S3. The second-order valence-corrected chi connectivity index (χ2v) is 12.8. The summed E-state index contributed by atoms with van der Waals surface area (Å²) in [5.74, 6) is -1.19. The minimum atomic E-state index is -4.96. The quantitative estimate of drug-likeness (QED) is 0.101. The Labute approximate surface area is 281 Å². The smallest absolute Gasteiger partial charge is 0.748 e. The van der Waals surface area contributed by atoms with Gasteiger partial charge in [-0.25, -0.2) is 25.3 Å². The Balaban J connectivity index is 0.00000512. The molecule has 0 saturated heterocycles. The standard InChI is InChI=1S/C18H27NO9S3.2K/c1-17(11-5-7-13-29(20,21)22)15-9-3-4-10-16(15)19(18(17,2)31(26,27)28)12-6-8-14-30(23,24)25;;/h4,9-10H,5-8,11-14H2,1-2H3,(H2-,20,21,22,23,24,25,26,27,28);;/q;2*+1/p-2. The van der Waals surface area contributed by atoms with Crippen molar-refractivity contribution in [1.29, 1.82) is 0 Å². The fourth-order valence-corrected chi connectivity index (χ4v) is 6.63. The van der Waals surface area contributed by atoms with Crippen molar-refractivity contribution in [3.05, 3.63) is 35.6 Å². The zero-order valence-corrected chi connectivity index (χ0v) is 27.9. The van der Waals surface area contributed by atoms with E-state index in [1.165, 1.54) is 11.8 Å². The van der Waals surface area contributed by atoms with Crippen LogP contribution in [-0.2, 0) is 30.4 Å². The molecule has 176 valence electrons. The van der Waals surface area contributed by atoms with Gasteiger partial charge in [0.2, 0.25) is 0 Å². The van der Waals surface area contributed by atoms with Crippen LogP contribution in [0.15, 0.2) is 29.5 Å². The van der Waals surface area contributed by atoms with E-state index >= 15 is 0 Å². The molecule has 2 unspecified atom stereocenters. The topological polar surface area (TPSA) is 175 Å². The summed E-state index contributed by atoms with van der Waals surface area (Å²) in [6.45, 7) is 2.92. The van der Waals surface area contributed by atoms with Gasteiger partial charge in [0.25, 0.3) is 0 Å². The molecule has 0 N–H and O–H groups in total. The van der Waals surface area contributed by atoms with Crippen molar-refractivity contribution in [1.82, 2.24) is 4.90 Å². The van der Waals surface area contributed by atoms with Gasteiger partial charge in [0, 0.05) is 24.1 Å². The van der Waals surface area contributed by atoms with Crippen LogP contribution in [0.5, 0.6) is 0 Å². The van der Waals surface area contributed by atoms with Crippen molar-refractivity contribution in [3.8, 4) is 0 Å². The fraction of sp³-hybridized carbons (Fsp3) is 0.667. The van der Waals surface area contributed by atoms with Gasteiger partial charge < -0.3 is 18.6 Å². The van der Waals surface area contributed by atoms with Crippen LogP contribution in [0.3, 0.4) is 0 Å². The molecule has 1 aliphatic carbocycles. The van der Waals surface area contributed by atoms with Gasteiger partial charge in [-0.15, -0.1) is 0 Å². The van der Waals surface area contributed by atoms with Gasteiger partial charge in [-0.3, -0.25) is 0 Å². The van der Waals surface area contributed by atoms with Crippen LogP contribution in [0, 0.1) is 11.5 Å². The van der Waals surface area contributed by atoms with Crippen LogP contribution in [0.2, 0.25) is 0 Å². The van der Waals surface area contributed by atoms with E-state index in [0.717, 1.165) is 0 Å². The maximum atomic E-state index is 12.5. The van der Waals surface area contributed by atoms with E-state index < -0.39 is 52.1 Å². The van der Waals surface area contributed by atoms with E-state index in [1.807, 2.05) is 0 Å². The third-order valence-electron chi connectivity index (χ3n) is 6.10. The molecule has 2 aliphatic rings. The van der Waals surface area contributed by atoms with Crippen molar-refractivity contribution in [2.45, 2.75) is 50.8 Å². The normalized spacial score (nSPS) is 24.7. The number of hydrogen-bond donors (Lipinski definition) is 0. The maximum absolute atomic E-state index is 12.5. The molecule has 0 aromatic rings. The first-order valence-electron chi connectivity index (χ1n) is 9.64. The predicted octanol–water partition coefficient (Wildman–Crippen LogP) is -5.20. The number of allylic oxidation sites excluding steroid dienone is 4. The molecule has 2 atom stereocenters. The third-order valence-corrected chi connectivity index (χ3v) is 9.32. The fourth-order valence-electron chi connectivity index (χ4n) is 4.29. The predicted molar refractivity (Wildman–Crippen MR) is 109 cm³/mol. The number of unbranched alkanes of at least 4 members (excludes halogenated alkanes) is 2. The molecule has 0 fully saturated rings. The van der Waals surface area contributed by atoms with Crippen LogP contribution in [0.1, 0.15) is 46.0 Å². The van der Waals surface area contributed by atoms with E-state index in [9.17, 15) is 38.9 Å². The SMILES string of the molecule is CC1(CCCCS(=O)(=O)[O-])C2=C(C=C[C+]=C2)N(CCCCS(=O)(=O)[O-])C1(C)S(=O)(=O)[O-].[K+].[K+]. The zero-order valence-electron chi connectivity index (χ0n) is 19.2. The molecule has 15 heteroatoms. The summed E-state index contributed by atoms with van der Waals surface area (Å²) in [7, 11) is -13.8. The first-order chi connectivity index (χ1) is 14.0. The molecule has 10 nitrogen and oxygen atoms in total. The zero-order chi connectivity index (χ0) is 23.7. The van der Waals surface area contributed by atoms with Gasteiger partial charge in [-0.1, -0.05) is 6.42 Å². The van der Waals surface area contributed by atoms with E-state index in [-0.39, 0.29) is 141 Å². The average Bonchev–Trinajstić information content (AvgIpc) is 2.81. The number of nitrogens with zero attached hydrogens (tertiary/aromatic N) is 1. The summed E-state index contributed by atoms with van der Waals surface area (Å²) in [4.78, 5) is -0.537. The minimum Gasteiger partial charge on any atom is -0.748 e. The minimum absolute atomic E-state index is 0. The monoisotopic (exact) mass is 573 g/mol. The van der Waals surface area contributed by atoms with Crippen LogP contribution in [0.25, 0.3) is 0 Å². The summed E-state index contributed by atoms with van der Waals surface area (Å²) in [6.07, 6.45) is 8.11. The third kappa shape index (κ3) is 8.47. The van der Waals surface area contributed by atoms with Crippen LogP contribution >= 0.6 is 0 Å². The second-order valence-electron chi connectivity index (χ2n) is 8.05. The van der Waals surface area contributed by atoms with Crippen molar-refractivity contribution >= 4 is 30.4 Å². The Kier molecular flexibility index (Phi) is 13.9. The molecule has 0 bridgehead atoms. The molecule has 1 aliphatic heterocycles. The number of rotatable bonds is 11. The van der Waals surface area contributed by atoms with E-state index in [1.54, 1.807) is 25.2 Å². The number of hydrogen-bond acceptors (Lipinski definition) is 10. The first kappa shape index (κ1) is 34.9. The second kappa shape index (κ2) is 13.1. The Morgan fingerprint density at radius 2 is 1.39 bits per heavy atom. The molecule has 0 saturated carbocycles. The van der Waals surface area contributed by atoms with Crippen molar-refractivity contribution < 1.29 is 142 Å². The van der Waals surface area contributed by atoms with E-state index in [0.29, 0.717) is 11.3 Å². The molecule has 1 heterocycles. The van der Waals surface area contributed by atoms with Gasteiger partial charge in [0.1, 0.15) is 22.3 Å². The summed E-state index contributed by atoms with van der Waals surface area (Å²) in [5.41, 5.74) is -0.222. The molecule has 0 aromatic heterocycles. The Morgan fingerprint density at radius 3 is 1.88 bits per heavy atom. The van der Waals surface area contributed by atoms with E-state index in [2.05, 4.69) is 6.08 Å². The van der Waals surface area contributed by atoms with Crippen LogP contribution in [0.4, 0.5) is 0 Å². The van der Waals surface area contributed by atoms with Gasteiger partial charge >= 0.3 is 103 Å². The van der Waals surface area contributed by atoms with Crippen molar-refractivity contribution in [2.24, 2.45) is 5.41 Å². The first-order valence-corrected chi connectivity index (χ1v) is 14.2. The van der Waals surface area contributed by atoms with Gasteiger partial charge in [-0.05, 0) is 39.5 Å². The van der Waals surface area contributed by atoms with Crippen molar-refractivity contribution in [2.75, 3.05) is 18.1 Å². The van der Waals surface area contributed by atoms with Gasteiger partial charge in [0.15, 0.2) is 10.6 Å². The van der Waals surface area contributed by atoms with Gasteiger partial charge in [0.05, 0.1) is 37.3 Å². The molecule has 2 rings (SSSR count). The van der Waals surface area contributed by atoms with Crippen molar-refractivity contribution in [3.63, 3.8) is 0 Å². The molecular weight excluding hydrogens is 549 g/mol. The molecule has 0 radical (unpaired) electrons. The summed E-state index contributed by atoms with van der Waals surface area (Å²) in [5, 5.41) is 0. The molecule has 0 spiro atoms. The Hall–Kier alpha value is 1.93. The van der Waals surface area contributed by atoms with Gasteiger partial charge in [-0.2, -0.15) is 0 Å².